The number of nitrogens with one attached hydrogen (secondary N) is 2. The molecule has 7 nitrogen and oxygen atoms in total. The number of terminal acetylenes is 1. The average Bonchev–Trinajstić information content (AvgIpc) is 2.92. The number of likely N-dealkylation sites (N-methyl/N-ethyl adjacent to an activating group) is 1. The van der Waals surface area contributed by atoms with Crippen LogP contribution in [0.2, 0.25) is 0 Å². The van der Waals surface area contributed by atoms with Gasteiger partial charge in [-0.05, 0) is 60.9 Å². The summed E-state index contributed by atoms with van der Waals surface area (Å²) in [5.74, 6) is 1.81. The van der Waals surface area contributed by atoms with E-state index < -0.39 is 29.9 Å². The van der Waals surface area contributed by atoms with Gasteiger partial charge >= 0.3 is 0 Å². The number of ether oxygens (including phenoxy) is 1. The van der Waals surface area contributed by atoms with E-state index in [2.05, 4.69) is 35.6 Å². The van der Waals surface area contributed by atoms with Crippen molar-refractivity contribution in [1.29, 1.82) is 0 Å². The van der Waals surface area contributed by atoms with Crippen LogP contribution in [0.3, 0.4) is 0 Å². The number of hydrogen-bond donors (Lipinski definition) is 3. The van der Waals surface area contributed by atoms with Crippen LogP contribution in [0.1, 0.15) is 55.7 Å². The molecule has 3 atom stereocenters. The van der Waals surface area contributed by atoms with Crippen LogP contribution in [0, 0.1) is 18.2 Å². The third-order valence-electron chi connectivity index (χ3n) is 7.04. The number of hydrogen-bond acceptors (Lipinski definition) is 5. The summed E-state index contributed by atoms with van der Waals surface area (Å²) in [6, 6.07) is 11.0. The van der Waals surface area contributed by atoms with Crippen molar-refractivity contribution in [3.05, 3.63) is 65.0 Å². The van der Waals surface area contributed by atoms with E-state index in [0.717, 1.165) is 18.4 Å². The number of amides is 2. The van der Waals surface area contributed by atoms with Crippen LogP contribution in [0.4, 0.5) is 4.39 Å². The Hall–Kier alpha value is -3.41. The predicted molar refractivity (Wildman–Crippen MR) is 150 cm³/mol. The van der Waals surface area contributed by atoms with Crippen LogP contribution in [-0.4, -0.2) is 60.2 Å². The van der Waals surface area contributed by atoms with Crippen LogP contribution in [0.25, 0.3) is 0 Å². The molecule has 2 amide bonds. The number of halogens is 1. The van der Waals surface area contributed by atoms with E-state index in [1.807, 2.05) is 12.1 Å². The second-order valence-corrected chi connectivity index (χ2v) is 10.1. The van der Waals surface area contributed by atoms with Gasteiger partial charge in [0.05, 0.1) is 18.8 Å². The molecule has 3 rings (SSSR count). The Bertz CT molecular complexity index is 1150. The number of fused-ring (bicyclic) bond motifs is 2. The molecule has 0 saturated heterocycles. The van der Waals surface area contributed by atoms with Crippen molar-refractivity contribution in [2.45, 2.75) is 76.6 Å². The average molecular weight is 538 g/mol. The van der Waals surface area contributed by atoms with Crippen molar-refractivity contribution in [1.82, 2.24) is 15.5 Å². The number of nitrogens with zero attached hydrogens (tertiary/aromatic N) is 1. The standard InChI is InChI=1S/C31H40FN3O4/c1-4-10-28-31(38)34-27(29(36)21-33-20-23-12-9-11-22(5-2)15-23)18-24-16-25(32)19-26(17-24)39-14-8-6-7-13-30(37)35(28)3/h1,9,11-12,15-17,19,27-29,33,36H,5-8,10,13-14,18,20-21H2,2-3H3,(H,34,38). The summed E-state index contributed by atoms with van der Waals surface area (Å²) < 4.78 is 20.2. The van der Waals surface area contributed by atoms with Crippen molar-refractivity contribution in [2.75, 3.05) is 20.2 Å². The summed E-state index contributed by atoms with van der Waals surface area (Å²) in [6.07, 6.45) is 8.07. The van der Waals surface area contributed by atoms with Gasteiger partial charge in [-0.1, -0.05) is 31.2 Å². The van der Waals surface area contributed by atoms with Crippen LogP contribution in [-0.2, 0) is 29.0 Å². The first kappa shape index (κ1) is 30.1. The SMILES string of the molecule is C#CCC1C(=O)NC(C(O)CNCc2cccc(CC)c2)Cc2cc(F)cc(c2)OCCCCCC(=O)N1C. The smallest absolute Gasteiger partial charge is 0.244 e. The Labute approximate surface area is 231 Å². The van der Waals surface area contributed by atoms with Gasteiger partial charge in [-0.25, -0.2) is 4.39 Å². The first-order chi connectivity index (χ1) is 18.8. The summed E-state index contributed by atoms with van der Waals surface area (Å²) >= 11 is 0. The molecule has 210 valence electrons. The van der Waals surface area contributed by atoms with Crippen LogP contribution in [0.15, 0.2) is 42.5 Å². The number of carbonyl (C=O) groups excluding carboxylic acids is 2. The minimum Gasteiger partial charge on any atom is -0.493 e. The Kier molecular flexibility index (Phi) is 11.8. The van der Waals surface area contributed by atoms with Crippen molar-refractivity contribution in [3.8, 4) is 18.1 Å². The highest BCUT2D eigenvalue weighted by atomic mass is 19.1. The first-order valence-electron chi connectivity index (χ1n) is 13.7. The molecule has 0 fully saturated rings. The molecule has 2 bridgehead atoms. The van der Waals surface area contributed by atoms with Gasteiger partial charge in [0, 0.05) is 39.0 Å². The number of aliphatic hydroxyl groups is 1. The largest absolute Gasteiger partial charge is 0.493 e. The molecule has 3 N–H and O–H groups in total. The Morgan fingerprint density at radius 2 is 2.00 bits per heavy atom. The summed E-state index contributed by atoms with van der Waals surface area (Å²) in [4.78, 5) is 27.6. The van der Waals surface area contributed by atoms with E-state index in [-0.39, 0.29) is 31.7 Å². The molecule has 0 spiro atoms. The molecular weight excluding hydrogens is 497 g/mol. The topological polar surface area (TPSA) is 90.9 Å². The van der Waals surface area contributed by atoms with Crippen molar-refractivity contribution in [3.63, 3.8) is 0 Å². The molecule has 0 saturated carbocycles. The van der Waals surface area contributed by atoms with Crippen molar-refractivity contribution >= 4 is 11.8 Å². The minimum absolute atomic E-state index is 0.0425. The lowest BCUT2D eigenvalue weighted by Crippen LogP contribution is -2.55. The highest BCUT2D eigenvalue weighted by molar-refractivity contribution is 5.88. The van der Waals surface area contributed by atoms with Crippen LogP contribution in [0.5, 0.6) is 5.75 Å². The predicted octanol–water partition coefficient (Wildman–Crippen LogP) is 3.37. The van der Waals surface area contributed by atoms with Gasteiger partial charge in [0.15, 0.2) is 0 Å². The lowest BCUT2D eigenvalue weighted by molar-refractivity contribution is -0.139. The molecule has 2 aromatic rings. The second-order valence-electron chi connectivity index (χ2n) is 10.1. The van der Waals surface area contributed by atoms with Gasteiger partial charge in [0.25, 0.3) is 0 Å². The summed E-state index contributed by atoms with van der Waals surface area (Å²) in [5.41, 5.74) is 2.89. The quantitative estimate of drug-likeness (QED) is 0.472. The van der Waals surface area contributed by atoms with Gasteiger partial charge < -0.3 is 25.4 Å². The Morgan fingerprint density at radius 1 is 1.21 bits per heavy atom. The highest BCUT2D eigenvalue weighted by Gasteiger charge is 2.30. The number of rotatable bonds is 7. The zero-order valence-corrected chi connectivity index (χ0v) is 22.9. The van der Waals surface area contributed by atoms with E-state index in [0.29, 0.717) is 37.3 Å². The minimum atomic E-state index is -0.998. The lowest BCUT2D eigenvalue weighted by Gasteiger charge is -2.30. The maximum absolute atomic E-state index is 14.4. The third-order valence-corrected chi connectivity index (χ3v) is 7.04. The van der Waals surface area contributed by atoms with E-state index >= 15 is 0 Å². The lowest BCUT2D eigenvalue weighted by atomic mass is 9.99. The fraction of sp³-hybridized carbons (Fsp3) is 0.484. The molecule has 3 unspecified atom stereocenters. The second kappa shape index (κ2) is 15.2. The van der Waals surface area contributed by atoms with E-state index in [1.54, 1.807) is 13.1 Å². The maximum atomic E-state index is 14.4. The van der Waals surface area contributed by atoms with Crippen molar-refractivity contribution in [2.24, 2.45) is 0 Å². The van der Waals surface area contributed by atoms with E-state index in [1.165, 1.54) is 22.6 Å². The highest BCUT2D eigenvalue weighted by Crippen LogP contribution is 2.20. The summed E-state index contributed by atoms with van der Waals surface area (Å²) in [7, 11) is 1.58. The molecule has 0 aliphatic carbocycles. The fourth-order valence-corrected chi connectivity index (χ4v) is 4.72. The molecule has 1 aliphatic rings. The maximum Gasteiger partial charge on any atom is 0.244 e. The Morgan fingerprint density at radius 3 is 2.77 bits per heavy atom. The van der Waals surface area contributed by atoms with Crippen molar-refractivity contribution < 1.29 is 23.8 Å². The van der Waals surface area contributed by atoms with Gasteiger partial charge in [-0.2, -0.15) is 0 Å². The van der Waals surface area contributed by atoms with Crippen LogP contribution >= 0.6 is 0 Å². The molecule has 8 heteroatoms. The zero-order chi connectivity index (χ0) is 28.2. The first-order valence-corrected chi connectivity index (χ1v) is 13.7. The van der Waals surface area contributed by atoms with Crippen LogP contribution < -0.4 is 15.4 Å². The van der Waals surface area contributed by atoms with Gasteiger partial charge in [0.2, 0.25) is 11.8 Å². The summed E-state index contributed by atoms with van der Waals surface area (Å²) in [6.45, 7) is 3.23. The summed E-state index contributed by atoms with van der Waals surface area (Å²) in [5, 5.41) is 17.3. The number of aryl methyl sites for hydroxylation is 1. The third kappa shape index (κ3) is 9.38. The van der Waals surface area contributed by atoms with Gasteiger partial charge in [-0.3, -0.25) is 9.59 Å². The number of benzene rings is 2. The van der Waals surface area contributed by atoms with Gasteiger partial charge in [0.1, 0.15) is 17.6 Å². The molecule has 0 aromatic heterocycles. The fourth-order valence-electron chi connectivity index (χ4n) is 4.72. The van der Waals surface area contributed by atoms with E-state index in [9.17, 15) is 19.1 Å². The van der Waals surface area contributed by atoms with E-state index in [4.69, 9.17) is 11.2 Å². The molecule has 1 heterocycles. The van der Waals surface area contributed by atoms with Gasteiger partial charge in [-0.15, -0.1) is 12.3 Å². The number of aliphatic hydroxyl groups excluding tert-OH is 1. The molecule has 1 aliphatic heterocycles. The zero-order valence-electron chi connectivity index (χ0n) is 22.9. The molecule has 0 radical (unpaired) electrons. The normalized spacial score (nSPS) is 20.0. The monoisotopic (exact) mass is 537 g/mol. The number of carbonyl (C=O) groups is 2. The molecule has 39 heavy (non-hydrogen) atoms. The Balaban J connectivity index is 1.82. The molecular formula is C31H40FN3O4. The molecule has 2 aromatic carbocycles.